The number of hydrogen-bond donors (Lipinski definition) is 1. The summed E-state index contributed by atoms with van der Waals surface area (Å²) in [6, 6.07) is 20.3. The number of hydrogen-bond acceptors (Lipinski definition) is 3. The van der Waals surface area contributed by atoms with Gasteiger partial charge in [0.05, 0.1) is 16.2 Å². The summed E-state index contributed by atoms with van der Waals surface area (Å²) in [6.45, 7) is 1.54. The Hall–Kier alpha value is -3.80. The first-order chi connectivity index (χ1) is 16.9. The van der Waals surface area contributed by atoms with Crippen LogP contribution < -0.4 is 0 Å². The molecule has 6 heteroatoms. The molecule has 1 N–H and O–H groups in total. The summed E-state index contributed by atoms with van der Waals surface area (Å²) in [5.74, 6) is -1.49. The SMILES string of the molecule is C[C@@H](OC1c2ccccc2C=Cc2ccc(/C=C/c3ccc4cc(F)c(Cl)cc4n3)cc21)C(=O)O. The normalized spacial score (nSPS) is 15.6. The molecule has 1 unspecified atom stereocenters. The summed E-state index contributed by atoms with van der Waals surface area (Å²) < 4.78 is 19.8. The minimum Gasteiger partial charge on any atom is -0.479 e. The first-order valence-electron chi connectivity index (χ1n) is 11.1. The summed E-state index contributed by atoms with van der Waals surface area (Å²) in [5, 5.41) is 10.2. The standard InChI is InChI=1S/C29H21ClFNO3/c1-17(29(33)34)35-28-23-5-3-2-4-19(23)9-10-20-8-6-18(14-24(20)28)7-12-22-13-11-21-15-26(31)25(30)16-27(21)32-22/h2-17,28H,1H3,(H,33,34)/b12-7+/t17-,28?/m1/s1. The lowest BCUT2D eigenvalue weighted by atomic mass is 9.94. The minimum absolute atomic E-state index is 0.0341. The van der Waals surface area contributed by atoms with Crippen molar-refractivity contribution in [3.8, 4) is 0 Å². The summed E-state index contributed by atoms with van der Waals surface area (Å²) >= 11 is 5.91. The first-order valence-corrected chi connectivity index (χ1v) is 11.5. The molecule has 1 heterocycles. The molecule has 0 spiro atoms. The van der Waals surface area contributed by atoms with Gasteiger partial charge in [-0.2, -0.15) is 0 Å². The lowest BCUT2D eigenvalue weighted by Gasteiger charge is -2.23. The molecule has 0 bridgehead atoms. The Morgan fingerprint density at radius 3 is 2.60 bits per heavy atom. The Morgan fingerprint density at radius 2 is 1.80 bits per heavy atom. The van der Waals surface area contributed by atoms with E-state index >= 15 is 0 Å². The predicted octanol–water partition coefficient (Wildman–Crippen LogP) is 7.26. The zero-order valence-corrected chi connectivity index (χ0v) is 19.5. The summed E-state index contributed by atoms with van der Waals surface area (Å²) in [4.78, 5) is 16.1. The fraction of sp³-hybridized carbons (Fsp3) is 0.103. The third-order valence-corrected chi connectivity index (χ3v) is 6.29. The van der Waals surface area contributed by atoms with Crippen molar-refractivity contribution in [3.63, 3.8) is 0 Å². The van der Waals surface area contributed by atoms with Crippen molar-refractivity contribution in [1.29, 1.82) is 0 Å². The lowest BCUT2D eigenvalue weighted by Crippen LogP contribution is -2.23. The van der Waals surface area contributed by atoms with Crippen LogP contribution in [0.15, 0.2) is 66.7 Å². The number of nitrogens with zero attached hydrogens (tertiary/aromatic N) is 1. The number of pyridine rings is 1. The van der Waals surface area contributed by atoms with E-state index in [4.69, 9.17) is 16.3 Å². The van der Waals surface area contributed by atoms with Gasteiger partial charge in [-0.3, -0.25) is 0 Å². The van der Waals surface area contributed by atoms with E-state index in [9.17, 15) is 14.3 Å². The molecule has 3 aromatic carbocycles. The minimum atomic E-state index is -1.01. The van der Waals surface area contributed by atoms with Crippen LogP contribution in [0.1, 0.15) is 46.5 Å². The van der Waals surface area contributed by atoms with Crippen molar-refractivity contribution >= 4 is 52.8 Å². The van der Waals surface area contributed by atoms with Gasteiger partial charge < -0.3 is 9.84 Å². The fourth-order valence-electron chi connectivity index (χ4n) is 4.14. The summed E-state index contributed by atoms with van der Waals surface area (Å²) in [6.07, 6.45) is 6.32. The number of fused-ring (bicyclic) bond motifs is 3. The molecule has 4 nitrogen and oxygen atoms in total. The van der Waals surface area contributed by atoms with Crippen LogP contribution in [0.25, 0.3) is 35.2 Å². The van der Waals surface area contributed by atoms with Crippen molar-refractivity contribution in [3.05, 3.63) is 111 Å². The topological polar surface area (TPSA) is 59.4 Å². The molecule has 35 heavy (non-hydrogen) atoms. The monoisotopic (exact) mass is 485 g/mol. The van der Waals surface area contributed by atoms with Gasteiger partial charge in [0.1, 0.15) is 11.9 Å². The van der Waals surface area contributed by atoms with Crippen LogP contribution in [0.5, 0.6) is 0 Å². The lowest BCUT2D eigenvalue weighted by molar-refractivity contribution is -0.151. The number of carboxylic acids is 1. The molecule has 0 fully saturated rings. The van der Waals surface area contributed by atoms with E-state index in [1.807, 2.05) is 72.8 Å². The molecule has 5 rings (SSSR count). The number of halogens is 2. The van der Waals surface area contributed by atoms with Crippen LogP contribution in [0, 0.1) is 5.82 Å². The number of benzene rings is 3. The Morgan fingerprint density at radius 1 is 1.03 bits per heavy atom. The van der Waals surface area contributed by atoms with Gasteiger partial charge in [-0.15, -0.1) is 0 Å². The average Bonchev–Trinajstić information content (AvgIpc) is 3.00. The van der Waals surface area contributed by atoms with Gasteiger partial charge in [-0.05, 0) is 65.1 Å². The molecule has 2 atom stereocenters. The molecule has 0 radical (unpaired) electrons. The van der Waals surface area contributed by atoms with Gasteiger partial charge in [0.15, 0.2) is 6.10 Å². The summed E-state index contributed by atoms with van der Waals surface area (Å²) in [7, 11) is 0. The first kappa shape index (κ1) is 23.0. The van der Waals surface area contributed by atoms with Crippen molar-refractivity contribution in [2.45, 2.75) is 19.1 Å². The average molecular weight is 486 g/mol. The van der Waals surface area contributed by atoms with E-state index < -0.39 is 24.0 Å². The van der Waals surface area contributed by atoms with Crippen molar-refractivity contribution in [2.75, 3.05) is 0 Å². The second kappa shape index (κ2) is 9.45. The van der Waals surface area contributed by atoms with Crippen molar-refractivity contribution in [2.24, 2.45) is 0 Å². The Balaban J connectivity index is 1.52. The van der Waals surface area contributed by atoms with Gasteiger partial charge in [-0.1, -0.05) is 72.3 Å². The number of carboxylic acid groups (broad SMARTS) is 1. The molecular formula is C29H21ClFNO3. The van der Waals surface area contributed by atoms with Gasteiger partial charge in [0.2, 0.25) is 0 Å². The maximum absolute atomic E-state index is 13.7. The van der Waals surface area contributed by atoms with Crippen LogP contribution in [0.2, 0.25) is 5.02 Å². The molecule has 1 aromatic heterocycles. The van der Waals surface area contributed by atoms with E-state index in [1.54, 1.807) is 6.07 Å². The van der Waals surface area contributed by atoms with Crippen molar-refractivity contribution in [1.82, 2.24) is 4.98 Å². The maximum atomic E-state index is 13.7. The number of rotatable bonds is 5. The Kier molecular flexibility index (Phi) is 6.20. The Labute approximate surface area is 207 Å². The molecule has 1 aliphatic rings. The third kappa shape index (κ3) is 4.74. The quantitative estimate of drug-likeness (QED) is 0.323. The van der Waals surface area contributed by atoms with Crippen LogP contribution in [0.3, 0.4) is 0 Å². The highest BCUT2D eigenvalue weighted by atomic mass is 35.5. The molecule has 174 valence electrons. The molecule has 0 saturated carbocycles. The van der Waals surface area contributed by atoms with Crippen LogP contribution in [-0.2, 0) is 9.53 Å². The smallest absolute Gasteiger partial charge is 0.332 e. The highest BCUT2D eigenvalue weighted by Gasteiger charge is 2.26. The van der Waals surface area contributed by atoms with Crippen molar-refractivity contribution < 1.29 is 19.0 Å². The highest BCUT2D eigenvalue weighted by Crippen LogP contribution is 2.37. The van der Waals surface area contributed by atoms with Gasteiger partial charge >= 0.3 is 5.97 Å². The van der Waals surface area contributed by atoms with E-state index in [0.29, 0.717) is 16.6 Å². The van der Waals surface area contributed by atoms with Gasteiger partial charge in [0, 0.05) is 5.39 Å². The number of aliphatic carboxylic acids is 1. The molecule has 0 aliphatic heterocycles. The second-order valence-corrected chi connectivity index (χ2v) is 8.78. The second-order valence-electron chi connectivity index (χ2n) is 8.38. The van der Waals surface area contributed by atoms with E-state index in [0.717, 1.165) is 27.8 Å². The zero-order valence-electron chi connectivity index (χ0n) is 18.8. The predicted molar refractivity (Wildman–Crippen MR) is 137 cm³/mol. The molecular weight excluding hydrogens is 465 g/mol. The zero-order chi connectivity index (χ0) is 24.5. The number of carbonyl (C=O) groups is 1. The third-order valence-electron chi connectivity index (χ3n) is 6.00. The van der Waals surface area contributed by atoms with Crippen LogP contribution in [-0.4, -0.2) is 22.2 Å². The molecule has 1 aliphatic carbocycles. The van der Waals surface area contributed by atoms with Crippen LogP contribution in [0.4, 0.5) is 4.39 Å². The molecule has 0 amide bonds. The highest BCUT2D eigenvalue weighted by molar-refractivity contribution is 6.31. The number of ether oxygens (including phenoxy) is 1. The molecule has 0 saturated heterocycles. The summed E-state index contributed by atoms with van der Waals surface area (Å²) in [5.41, 5.74) is 5.96. The number of aromatic nitrogens is 1. The molecule has 4 aromatic rings. The van der Waals surface area contributed by atoms with Gasteiger partial charge in [0.25, 0.3) is 0 Å². The van der Waals surface area contributed by atoms with Gasteiger partial charge in [-0.25, -0.2) is 14.2 Å². The Bertz CT molecular complexity index is 1510. The van der Waals surface area contributed by atoms with E-state index in [-0.39, 0.29) is 5.02 Å². The van der Waals surface area contributed by atoms with E-state index in [2.05, 4.69) is 4.98 Å². The van der Waals surface area contributed by atoms with Crippen LogP contribution >= 0.6 is 11.6 Å². The maximum Gasteiger partial charge on any atom is 0.332 e. The fourth-order valence-corrected chi connectivity index (χ4v) is 4.30. The largest absolute Gasteiger partial charge is 0.479 e. The van der Waals surface area contributed by atoms with E-state index in [1.165, 1.54) is 19.1 Å².